The van der Waals surface area contributed by atoms with E-state index in [9.17, 15) is 13.2 Å². The second kappa shape index (κ2) is 4.27. The molecule has 3 rings (SSSR count). The van der Waals surface area contributed by atoms with Crippen LogP contribution in [0.1, 0.15) is 23.2 Å². The molecule has 1 heterocycles. The Morgan fingerprint density at radius 1 is 1.11 bits per heavy atom. The van der Waals surface area contributed by atoms with Crippen LogP contribution < -0.4 is 0 Å². The summed E-state index contributed by atoms with van der Waals surface area (Å²) in [6.07, 6.45) is -1.53. The molecule has 0 spiro atoms. The lowest BCUT2D eigenvalue weighted by Gasteiger charge is -2.08. The molecule has 1 aromatic heterocycles. The van der Waals surface area contributed by atoms with E-state index < -0.39 is 11.7 Å². The van der Waals surface area contributed by atoms with Crippen molar-refractivity contribution in [3.05, 3.63) is 46.2 Å². The Morgan fingerprint density at radius 3 is 2.37 bits per heavy atom. The highest BCUT2D eigenvalue weighted by molar-refractivity contribution is 6.30. The molecule has 0 fully saturated rings. The lowest BCUT2D eigenvalue weighted by Crippen LogP contribution is -2.05. The van der Waals surface area contributed by atoms with Crippen LogP contribution in [0.15, 0.2) is 24.3 Å². The van der Waals surface area contributed by atoms with Crippen molar-refractivity contribution in [2.75, 3.05) is 0 Å². The van der Waals surface area contributed by atoms with E-state index in [2.05, 4.69) is 5.10 Å². The van der Waals surface area contributed by atoms with Crippen LogP contribution in [0.4, 0.5) is 13.2 Å². The fraction of sp³-hybridized carbons (Fsp3) is 0.308. The zero-order valence-electron chi connectivity index (χ0n) is 9.84. The predicted molar refractivity (Wildman–Crippen MR) is 65.6 cm³/mol. The number of alkyl halides is 3. The summed E-state index contributed by atoms with van der Waals surface area (Å²) in [4.78, 5) is 0. The Bertz CT molecular complexity index is 614. The zero-order valence-corrected chi connectivity index (χ0v) is 10.6. The van der Waals surface area contributed by atoms with E-state index in [0.29, 0.717) is 10.8 Å². The Kier molecular flexibility index (Phi) is 2.82. The first-order chi connectivity index (χ1) is 8.97. The molecule has 0 saturated heterocycles. The van der Waals surface area contributed by atoms with Crippen LogP contribution in [0.2, 0.25) is 5.15 Å². The first kappa shape index (κ1) is 12.5. The first-order valence-electron chi connectivity index (χ1n) is 5.91. The van der Waals surface area contributed by atoms with Crippen molar-refractivity contribution in [3.8, 4) is 5.69 Å². The molecule has 0 unspecified atom stereocenters. The lowest BCUT2D eigenvalue weighted by molar-refractivity contribution is -0.137. The molecule has 0 radical (unpaired) electrons. The summed E-state index contributed by atoms with van der Waals surface area (Å²) in [5.41, 5.74) is 1.84. The normalized spacial score (nSPS) is 14.7. The topological polar surface area (TPSA) is 17.8 Å². The third-order valence-electron chi connectivity index (χ3n) is 3.28. The molecular formula is C13H10ClF3N2. The predicted octanol–water partition coefficient (Wildman–Crippen LogP) is 4.03. The van der Waals surface area contributed by atoms with Gasteiger partial charge in [-0.05, 0) is 43.5 Å². The van der Waals surface area contributed by atoms with Crippen LogP contribution >= 0.6 is 11.6 Å². The van der Waals surface area contributed by atoms with Gasteiger partial charge in [0.25, 0.3) is 0 Å². The molecule has 100 valence electrons. The maximum absolute atomic E-state index is 12.5. The van der Waals surface area contributed by atoms with Crippen LogP contribution in [-0.2, 0) is 19.0 Å². The highest BCUT2D eigenvalue weighted by Crippen LogP contribution is 2.32. The van der Waals surface area contributed by atoms with Gasteiger partial charge in [-0.2, -0.15) is 18.3 Å². The number of hydrogen-bond acceptors (Lipinski definition) is 1. The molecular weight excluding hydrogens is 277 g/mol. The van der Waals surface area contributed by atoms with E-state index in [-0.39, 0.29) is 0 Å². The van der Waals surface area contributed by atoms with Gasteiger partial charge in [0.1, 0.15) is 5.15 Å². The number of hydrogen-bond donors (Lipinski definition) is 0. The fourth-order valence-electron chi connectivity index (χ4n) is 2.32. The van der Waals surface area contributed by atoms with E-state index >= 15 is 0 Å². The maximum atomic E-state index is 12.5. The number of aryl methyl sites for hydroxylation is 1. The van der Waals surface area contributed by atoms with Gasteiger partial charge in [-0.1, -0.05) is 11.6 Å². The van der Waals surface area contributed by atoms with E-state index in [1.54, 1.807) is 0 Å². The van der Waals surface area contributed by atoms with Gasteiger partial charge in [0.15, 0.2) is 0 Å². The number of benzene rings is 1. The van der Waals surface area contributed by atoms with Gasteiger partial charge in [0, 0.05) is 5.56 Å². The largest absolute Gasteiger partial charge is 0.416 e. The van der Waals surface area contributed by atoms with Crippen molar-refractivity contribution in [1.29, 1.82) is 0 Å². The van der Waals surface area contributed by atoms with Gasteiger partial charge in [0.2, 0.25) is 0 Å². The van der Waals surface area contributed by atoms with Crippen molar-refractivity contribution in [2.24, 2.45) is 0 Å². The first-order valence-corrected chi connectivity index (χ1v) is 6.28. The zero-order chi connectivity index (χ0) is 13.6. The second-order valence-electron chi connectivity index (χ2n) is 4.53. The SMILES string of the molecule is FC(F)(F)c1ccc(-n2nc3c(c2Cl)CCC3)cc1. The number of aromatic nitrogens is 2. The summed E-state index contributed by atoms with van der Waals surface area (Å²) in [6, 6.07) is 4.85. The molecule has 1 aliphatic carbocycles. The van der Waals surface area contributed by atoms with Crippen molar-refractivity contribution >= 4 is 11.6 Å². The molecule has 0 bridgehead atoms. The molecule has 0 amide bonds. The van der Waals surface area contributed by atoms with E-state index in [1.807, 2.05) is 0 Å². The number of rotatable bonds is 1. The molecule has 0 atom stereocenters. The Hall–Kier alpha value is -1.49. The van der Waals surface area contributed by atoms with Crippen molar-refractivity contribution in [3.63, 3.8) is 0 Å². The minimum atomic E-state index is -4.33. The van der Waals surface area contributed by atoms with Crippen molar-refractivity contribution in [1.82, 2.24) is 9.78 Å². The highest BCUT2D eigenvalue weighted by atomic mass is 35.5. The molecule has 1 aromatic carbocycles. The highest BCUT2D eigenvalue weighted by Gasteiger charge is 2.30. The van der Waals surface area contributed by atoms with Crippen molar-refractivity contribution in [2.45, 2.75) is 25.4 Å². The van der Waals surface area contributed by atoms with Crippen LogP contribution in [0.25, 0.3) is 5.69 Å². The Labute approximate surface area is 112 Å². The third-order valence-corrected chi connectivity index (χ3v) is 3.67. The standard InChI is InChI=1S/C13H10ClF3N2/c14-12-10-2-1-3-11(10)18-19(12)9-6-4-8(5-7-9)13(15,16)17/h4-7H,1-3H2. The van der Waals surface area contributed by atoms with Gasteiger partial charge >= 0.3 is 6.18 Å². The minimum absolute atomic E-state index is 0.507. The van der Waals surface area contributed by atoms with Crippen LogP contribution in [0.5, 0.6) is 0 Å². The van der Waals surface area contributed by atoms with Crippen LogP contribution in [0.3, 0.4) is 0 Å². The van der Waals surface area contributed by atoms with Gasteiger partial charge in [-0.15, -0.1) is 0 Å². The smallest absolute Gasteiger partial charge is 0.222 e. The number of halogens is 4. The minimum Gasteiger partial charge on any atom is -0.222 e. The molecule has 6 heteroatoms. The van der Waals surface area contributed by atoms with Crippen molar-refractivity contribution < 1.29 is 13.2 Å². The second-order valence-corrected chi connectivity index (χ2v) is 4.88. The summed E-state index contributed by atoms with van der Waals surface area (Å²) < 4.78 is 39.0. The number of fused-ring (bicyclic) bond motifs is 1. The van der Waals surface area contributed by atoms with E-state index in [1.165, 1.54) is 16.8 Å². The molecule has 0 N–H and O–H groups in total. The summed E-state index contributed by atoms with van der Waals surface area (Å²) in [5, 5.41) is 4.86. The summed E-state index contributed by atoms with van der Waals surface area (Å²) in [7, 11) is 0. The average Bonchev–Trinajstić information content (AvgIpc) is 2.92. The van der Waals surface area contributed by atoms with E-state index in [0.717, 1.165) is 42.7 Å². The van der Waals surface area contributed by atoms with Crippen LogP contribution in [-0.4, -0.2) is 9.78 Å². The monoisotopic (exact) mass is 286 g/mol. The molecule has 2 nitrogen and oxygen atoms in total. The molecule has 19 heavy (non-hydrogen) atoms. The molecule has 1 aliphatic rings. The Morgan fingerprint density at radius 2 is 1.79 bits per heavy atom. The maximum Gasteiger partial charge on any atom is 0.416 e. The van der Waals surface area contributed by atoms with Gasteiger partial charge in [-0.3, -0.25) is 0 Å². The van der Waals surface area contributed by atoms with E-state index in [4.69, 9.17) is 11.6 Å². The van der Waals surface area contributed by atoms with Gasteiger partial charge in [0.05, 0.1) is 16.9 Å². The summed E-state index contributed by atoms with van der Waals surface area (Å²) >= 11 is 6.21. The third kappa shape index (κ3) is 2.12. The number of nitrogens with zero attached hydrogens (tertiary/aromatic N) is 2. The van der Waals surface area contributed by atoms with Crippen LogP contribution in [0, 0.1) is 0 Å². The molecule has 2 aromatic rings. The fourth-order valence-corrected chi connectivity index (χ4v) is 2.65. The molecule has 0 aliphatic heterocycles. The summed E-state index contributed by atoms with van der Waals surface area (Å²) in [6.45, 7) is 0. The van der Waals surface area contributed by atoms with Gasteiger partial charge < -0.3 is 0 Å². The lowest BCUT2D eigenvalue weighted by atomic mass is 10.2. The quantitative estimate of drug-likeness (QED) is 0.774. The average molecular weight is 287 g/mol. The van der Waals surface area contributed by atoms with Gasteiger partial charge in [-0.25, -0.2) is 4.68 Å². The summed E-state index contributed by atoms with van der Waals surface area (Å²) in [5.74, 6) is 0. The Balaban J connectivity index is 1.99. The molecule has 0 saturated carbocycles.